The number of hydrogen-bond donors (Lipinski definition) is 1. The molecule has 0 atom stereocenters. The van der Waals surface area contributed by atoms with Gasteiger partial charge in [-0.1, -0.05) is 11.6 Å². The zero-order valence-corrected chi connectivity index (χ0v) is 19.9. The molecular formula is C24H17ClF4N4O4. The van der Waals surface area contributed by atoms with Crippen LogP contribution in [0.5, 0.6) is 11.5 Å². The van der Waals surface area contributed by atoms with Gasteiger partial charge in [0.25, 0.3) is 11.5 Å². The maximum absolute atomic E-state index is 15.1. The van der Waals surface area contributed by atoms with E-state index in [0.29, 0.717) is 0 Å². The van der Waals surface area contributed by atoms with Crippen molar-refractivity contribution in [1.82, 2.24) is 14.3 Å². The normalized spacial score (nSPS) is 11.0. The van der Waals surface area contributed by atoms with Gasteiger partial charge in [0.15, 0.2) is 0 Å². The molecule has 8 nitrogen and oxygen atoms in total. The predicted octanol–water partition coefficient (Wildman–Crippen LogP) is 5.03. The van der Waals surface area contributed by atoms with Crippen LogP contribution in [0.4, 0.5) is 23.2 Å². The molecule has 0 fully saturated rings. The third-order valence-corrected chi connectivity index (χ3v) is 5.50. The Balaban J connectivity index is 1.87. The van der Waals surface area contributed by atoms with Crippen LogP contribution in [0.1, 0.15) is 10.4 Å². The lowest BCUT2D eigenvalue weighted by Crippen LogP contribution is -2.23. The molecule has 0 radical (unpaired) electrons. The average Bonchev–Trinajstić information content (AvgIpc) is 3.07. The summed E-state index contributed by atoms with van der Waals surface area (Å²) in [6, 6.07) is 9.27. The number of carbonyl (C=O) groups excluding carboxylic acids is 1. The van der Waals surface area contributed by atoms with Crippen molar-refractivity contribution in [3.63, 3.8) is 0 Å². The highest BCUT2D eigenvalue weighted by atomic mass is 35.5. The van der Waals surface area contributed by atoms with E-state index in [1.165, 1.54) is 44.6 Å². The van der Waals surface area contributed by atoms with Crippen molar-refractivity contribution in [3.05, 3.63) is 87.4 Å². The minimum Gasteiger partial charge on any atom is -0.497 e. The molecule has 0 aliphatic rings. The van der Waals surface area contributed by atoms with Gasteiger partial charge in [0.1, 0.15) is 39.7 Å². The van der Waals surface area contributed by atoms with Crippen LogP contribution < -0.4 is 20.3 Å². The summed E-state index contributed by atoms with van der Waals surface area (Å²) >= 11 is 5.96. The summed E-state index contributed by atoms with van der Waals surface area (Å²) in [5.74, 6) is -3.24. The van der Waals surface area contributed by atoms with E-state index in [1.54, 1.807) is 0 Å². The summed E-state index contributed by atoms with van der Waals surface area (Å²) < 4.78 is 66.4. The predicted molar refractivity (Wildman–Crippen MR) is 127 cm³/mol. The number of anilines is 1. The number of nitrogens with one attached hydrogen (secondary N) is 1. The lowest BCUT2D eigenvalue weighted by molar-refractivity contribution is -0.0498. The second-order valence-corrected chi connectivity index (χ2v) is 7.91. The second kappa shape index (κ2) is 10.3. The number of ether oxygens (including phenoxy) is 2. The molecule has 0 saturated heterocycles. The minimum absolute atomic E-state index is 0.0370. The Bertz CT molecular complexity index is 1510. The number of hydrogen-bond acceptors (Lipinski definition) is 5. The Morgan fingerprint density at radius 3 is 2.27 bits per heavy atom. The number of alkyl halides is 2. The summed E-state index contributed by atoms with van der Waals surface area (Å²) in [4.78, 5) is 30.3. The first kappa shape index (κ1) is 25.8. The fourth-order valence-corrected chi connectivity index (χ4v) is 3.85. The van der Waals surface area contributed by atoms with Gasteiger partial charge in [-0.05, 0) is 30.3 Å². The standard InChI is InChI=1S/C24H17ClF4N4O4/c1-32-21(19-16(26)10-15(36-2)11-17(19)27)20(23(35)33(32)13-7-8-30-18(25)9-13)31-22(34)12-3-5-14(6-4-12)37-24(28)29/h3-11,24H,1-2H3,(H,31,34). The van der Waals surface area contributed by atoms with Crippen molar-refractivity contribution in [2.24, 2.45) is 7.05 Å². The number of rotatable bonds is 7. The van der Waals surface area contributed by atoms with Crippen LogP contribution in [0.2, 0.25) is 5.15 Å². The zero-order valence-electron chi connectivity index (χ0n) is 19.1. The third kappa shape index (κ3) is 5.14. The second-order valence-electron chi connectivity index (χ2n) is 7.52. The van der Waals surface area contributed by atoms with Crippen LogP contribution in [0.15, 0.2) is 59.5 Å². The van der Waals surface area contributed by atoms with Crippen LogP contribution in [0.3, 0.4) is 0 Å². The maximum Gasteiger partial charge on any atom is 0.387 e. The van der Waals surface area contributed by atoms with Crippen LogP contribution in [-0.4, -0.2) is 34.0 Å². The fraction of sp³-hybridized carbons (Fsp3) is 0.125. The molecule has 0 bridgehead atoms. The SMILES string of the molecule is COc1cc(F)c(-c2c(NC(=O)c3ccc(OC(F)F)cc3)c(=O)n(-c3ccnc(Cl)c3)n2C)c(F)c1. The van der Waals surface area contributed by atoms with Crippen LogP contribution in [0, 0.1) is 11.6 Å². The van der Waals surface area contributed by atoms with Gasteiger partial charge in [0.2, 0.25) is 0 Å². The van der Waals surface area contributed by atoms with Gasteiger partial charge in [-0.15, -0.1) is 0 Å². The Morgan fingerprint density at radius 2 is 1.70 bits per heavy atom. The first-order valence-corrected chi connectivity index (χ1v) is 10.8. The number of aromatic nitrogens is 3. The number of methoxy groups -OCH3 is 1. The van der Waals surface area contributed by atoms with Crippen molar-refractivity contribution in [2.75, 3.05) is 12.4 Å². The zero-order chi connectivity index (χ0) is 26.9. The molecule has 2 aromatic carbocycles. The van der Waals surface area contributed by atoms with Gasteiger partial charge in [-0.2, -0.15) is 8.78 Å². The summed E-state index contributed by atoms with van der Waals surface area (Å²) in [5, 5.41) is 2.43. The molecule has 192 valence electrons. The van der Waals surface area contributed by atoms with Crippen molar-refractivity contribution in [1.29, 1.82) is 0 Å². The summed E-state index contributed by atoms with van der Waals surface area (Å²) in [6.07, 6.45) is 1.33. The molecule has 0 unspecified atom stereocenters. The van der Waals surface area contributed by atoms with Crippen molar-refractivity contribution < 1.29 is 31.8 Å². The number of amides is 1. The van der Waals surface area contributed by atoms with E-state index in [-0.39, 0.29) is 33.6 Å². The molecule has 37 heavy (non-hydrogen) atoms. The topological polar surface area (TPSA) is 87.4 Å². The van der Waals surface area contributed by atoms with Crippen molar-refractivity contribution >= 4 is 23.2 Å². The van der Waals surface area contributed by atoms with Gasteiger partial charge in [0.05, 0.1) is 18.4 Å². The van der Waals surface area contributed by atoms with Crippen LogP contribution in [-0.2, 0) is 7.05 Å². The average molecular weight is 537 g/mol. The third-order valence-electron chi connectivity index (χ3n) is 5.29. The molecule has 1 amide bonds. The van der Waals surface area contributed by atoms with Crippen LogP contribution in [0.25, 0.3) is 16.9 Å². The van der Waals surface area contributed by atoms with E-state index >= 15 is 8.78 Å². The summed E-state index contributed by atoms with van der Waals surface area (Å²) in [6.45, 7) is -3.05. The summed E-state index contributed by atoms with van der Waals surface area (Å²) in [7, 11) is 2.59. The van der Waals surface area contributed by atoms with Crippen molar-refractivity contribution in [3.8, 4) is 28.4 Å². The van der Waals surface area contributed by atoms with Gasteiger partial charge in [-0.3, -0.25) is 14.3 Å². The first-order chi connectivity index (χ1) is 17.6. The molecule has 1 N–H and O–H groups in total. The van der Waals surface area contributed by atoms with E-state index in [1.807, 2.05) is 0 Å². The lowest BCUT2D eigenvalue weighted by Gasteiger charge is -2.13. The monoisotopic (exact) mass is 536 g/mol. The van der Waals surface area contributed by atoms with Gasteiger partial charge in [0, 0.05) is 37.0 Å². The Hall–Kier alpha value is -4.32. The Morgan fingerprint density at radius 1 is 1.05 bits per heavy atom. The van der Waals surface area contributed by atoms with Crippen molar-refractivity contribution in [2.45, 2.75) is 6.61 Å². The number of carbonyl (C=O) groups is 1. The highest BCUT2D eigenvalue weighted by Crippen LogP contribution is 2.34. The number of pyridine rings is 1. The molecular weight excluding hydrogens is 520 g/mol. The largest absolute Gasteiger partial charge is 0.497 e. The number of nitrogens with zero attached hydrogens (tertiary/aromatic N) is 3. The fourth-order valence-electron chi connectivity index (χ4n) is 3.69. The quantitative estimate of drug-likeness (QED) is 0.264. The molecule has 0 spiro atoms. The van der Waals surface area contributed by atoms with E-state index in [2.05, 4.69) is 15.0 Å². The minimum atomic E-state index is -3.05. The van der Waals surface area contributed by atoms with E-state index in [9.17, 15) is 18.4 Å². The molecule has 2 aromatic heterocycles. The molecule has 4 rings (SSSR count). The van der Waals surface area contributed by atoms with Gasteiger partial charge >= 0.3 is 6.61 Å². The first-order valence-electron chi connectivity index (χ1n) is 10.4. The highest BCUT2D eigenvalue weighted by molar-refractivity contribution is 6.29. The molecule has 2 heterocycles. The Kier molecular flexibility index (Phi) is 7.21. The number of benzene rings is 2. The van der Waals surface area contributed by atoms with Gasteiger partial charge < -0.3 is 14.8 Å². The molecule has 0 aliphatic heterocycles. The van der Waals surface area contributed by atoms with E-state index in [4.69, 9.17) is 16.3 Å². The molecule has 0 aliphatic carbocycles. The molecule has 0 saturated carbocycles. The van der Waals surface area contributed by atoms with Crippen LogP contribution >= 0.6 is 11.6 Å². The molecule has 4 aromatic rings. The smallest absolute Gasteiger partial charge is 0.387 e. The molecule has 13 heteroatoms. The highest BCUT2D eigenvalue weighted by Gasteiger charge is 2.27. The van der Waals surface area contributed by atoms with Gasteiger partial charge in [-0.25, -0.2) is 18.4 Å². The van der Waals surface area contributed by atoms with E-state index in [0.717, 1.165) is 33.6 Å². The lowest BCUT2D eigenvalue weighted by atomic mass is 10.1. The van der Waals surface area contributed by atoms with E-state index < -0.39 is 41.0 Å². The number of halogens is 5. The summed E-state index contributed by atoms with van der Waals surface area (Å²) in [5.41, 5.74) is -2.00. The maximum atomic E-state index is 15.1. The Labute approximate surface area is 211 Å².